The van der Waals surface area contributed by atoms with Gasteiger partial charge in [-0.25, -0.2) is 0 Å². The lowest BCUT2D eigenvalue weighted by atomic mass is 10.1. The molecule has 1 rings (SSSR count). The molecule has 0 aromatic heterocycles. The van der Waals surface area contributed by atoms with Crippen LogP contribution >= 0.6 is 0 Å². The lowest BCUT2D eigenvalue weighted by Gasteiger charge is -2.39. The molecule has 0 bridgehead atoms. The van der Waals surface area contributed by atoms with Crippen molar-refractivity contribution in [3.8, 4) is 0 Å². The summed E-state index contributed by atoms with van der Waals surface area (Å²) in [6.07, 6.45) is 8.02. The molecular weight excluding hydrogens is 284 g/mol. The summed E-state index contributed by atoms with van der Waals surface area (Å²) >= 11 is 0. The van der Waals surface area contributed by atoms with Crippen LogP contribution in [-0.2, 0) is 6.54 Å². The van der Waals surface area contributed by atoms with E-state index in [1.54, 1.807) is 0 Å². The molecule has 23 heavy (non-hydrogen) atoms. The summed E-state index contributed by atoms with van der Waals surface area (Å²) in [7, 11) is 0. The molecule has 0 N–H and O–H groups in total. The Morgan fingerprint density at radius 1 is 0.783 bits per heavy atom. The first-order chi connectivity index (χ1) is 11.2. The van der Waals surface area contributed by atoms with Gasteiger partial charge in [0.2, 0.25) is 0 Å². The first-order valence-corrected chi connectivity index (χ1v) is 9.05. The van der Waals surface area contributed by atoms with Gasteiger partial charge in [0.25, 0.3) is 0 Å². The maximum absolute atomic E-state index is 6.75. The van der Waals surface area contributed by atoms with Crippen molar-refractivity contribution in [2.75, 3.05) is 19.6 Å². The highest BCUT2D eigenvalue weighted by molar-refractivity contribution is 5.13. The summed E-state index contributed by atoms with van der Waals surface area (Å²) in [4.78, 5) is 1.50. The fourth-order valence-electron chi connectivity index (χ4n) is 3.02. The van der Waals surface area contributed by atoms with E-state index in [1.807, 2.05) is 0 Å². The average Bonchev–Trinajstić information content (AvgIpc) is 2.58. The molecular formula is C19H34N4. The quantitative estimate of drug-likeness (QED) is 0.200. The molecule has 0 fully saturated rings. The number of benzene rings is 1. The predicted molar refractivity (Wildman–Crippen MR) is 99.8 cm³/mol. The van der Waals surface area contributed by atoms with Crippen molar-refractivity contribution in [3.05, 3.63) is 51.9 Å². The number of nitrogens with zero attached hydrogens (tertiary/aromatic N) is 4. The van der Waals surface area contributed by atoms with Crippen LogP contribution in [0.1, 0.15) is 64.9 Å². The fraction of sp³-hybridized carbons (Fsp3) is 0.684. The van der Waals surface area contributed by atoms with Crippen LogP contribution in [0.5, 0.6) is 0 Å². The van der Waals surface area contributed by atoms with Crippen molar-refractivity contribution in [2.24, 2.45) is 0 Å². The summed E-state index contributed by atoms with van der Waals surface area (Å²) in [5, 5.41) is 0. The van der Waals surface area contributed by atoms with E-state index < -0.39 is 0 Å². The maximum Gasteiger partial charge on any atom is 0.104 e. The van der Waals surface area contributed by atoms with Crippen molar-refractivity contribution >= 4 is 0 Å². The second-order valence-electron chi connectivity index (χ2n) is 6.31. The van der Waals surface area contributed by atoms with Crippen molar-refractivity contribution in [2.45, 2.75) is 65.8 Å². The van der Waals surface area contributed by atoms with Crippen LogP contribution in [0.3, 0.4) is 0 Å². The molecule has 0 spiro atoms. The maximum atomic E-state index is 6.75. The average molecular weight is 319 g/mol. The second-order valence-corrected chi connectivity index (χ2v) is 6.31. The van der Waals surface area contributed by atoms with Crippen LogP contribution in [-0.4, -0.2) is 24.1 Å². The van der Waals surface area contributed by atoms with Crippen LogP contribution < -0.4 is 0 Å². The van der Waals surface area contributed by atoms with Crippen LogP contribution in [0.2, 0.25) is 0 Å². The molecule has 1 aromatic rings. The molecule has 0 amide bonds. The molecule has 130 valence electrons. The third kappa shape index (κ3) is 9.98. The molecule has 0 aliphatic carbocycles. The van der Waals surface area contributed by atoms with E-state index >= 15 is 0 Å². The second kappa shape index (κ2) is 14.1. The van der Waals surface area contributed by atoms with Crippen molar-refractivity contribution in [3.63, 3.8) is 0 Å². The standard InChI is InChI=1S/C19H34N.N3/c1-4-7-15-20(16-8-5-2,17-9-6-3)18-19-13-11-10-12-14-19;1-3-2/h10-14H,4-9,15-18H2,1-3H3;/q+1;-1. The molecule has 0 unspecified atom stereocenters. The van der Waals surface area contributed by atoms with Crippen molar-refractivity contribution < 1.29 is 4.48 Å². The van der Waals surface area contributed by atoms with E-state index in [1.165, 1.54) is 79.7 Å². The highest BCUT2D eigenvalue weighted by Crippen LogP contribution is 2.19. The Balaban J connectivity index is 0.00000149. The Morgan fingerprint density at radius 2 is 1.17 bits per heavy atom. The first-order valence-electron chi connectivity index (χ1n) is 9.05. The van der Waals surface area contributed by atoms with Gasteiger partial charge in [-0.05, 0) is 19.3 Å². The van der Waals surface area contributed by atoms with Crippen LogP contribution in [0.15, 0.2) is 30.3 Å². The predicted octanol–water partition coefficient (Wildman–Crippen LogP) is 6.27. The number of hydrogen-bond acceptors (Lipinski definition) is 0. The van der Waals surface area contributed by atoms with Gasteiger partial charge in [-0.3, -0.25) is 4.91 Å². The third-order valence-corrected chi connectivity index (χ3v) is 4.32. The highest BCUT2D eigenvalue weighted by Gasteiger charge is 2.25. The molecule has 0 radical (unpaired) electrons. The largest absolute Gasteiger partial charge is 0.373 e. The van der Waals surface area contributed by atoms with Crippen molar-refractivity contribution in [1.29, 1.82) is 0 Å². The smallest absolute Gasteiger partial charge is 0.104 e. The summed E-state index contributed by atoms with van der Waals surface area (Å²) in [5.41, 5.74) is 15.0. The van der Waals surface area contributed by atoms with Crippen LogP contribution in [0.4, 0.5) is 0 Å². The van der Waals surface area contributed by atoms with Crippen LogP contribution in [0.25, 0.3) is 16.0 Å². The number of quaternary nitrogens is 1. The van der Waals surface area contributed by atoms with Crippen LogP contribution in [0, 0.1) is 0 Å². The molecule has 0 atom stereocenters. The lowest BCUT2D eigenvalue weighted by Crippen LogP contribution is -2.49. The molecule has 0 saturated carbocycles. The number of hydrogen-bond donors (Lipinski definition) is 0. The normalized spacial score (nSPS) is 10.6. The minimum Gasteiger partial charge on any atom is -0.373 e. The Bertz CT molecular complexity index is 389. The zero-order chi connectivity index (χ0) is 17.4. The topological polar surface area (TPSA) is 58.7 Å². The van der Waals surface area contributed by atoms with E-state index in [0.717, 1.165) is 0 Å². The Hall–Kier alpha value is -1.51. The van der Waals surface area contributed by atoms with E-state index in [0.29, 0.717) is 0 Å². The first kappa shape index (κ1) is 21.5. The van der Waals surface area contributed by atoms with Gasteiger partial charge < -0.3 is 15.5 Å². The summed E-state index contributed by atoms with van der Waals surface area (Å²) in [6.45, 7) is 12.2. The van der Waals surface area contributed by atoms with Gasteiger partial charge >= 0.3 is 0 Å². The number of unbranched alkanes of at least 4 members (excludes halogenated alkanes) is 3. The van der Waals surface area contributed by atoms with Gasteiger partial charge in [-0.1, -0.05) is 70.4 Å². The summed E-state index contributed by atoms with van der Waals surface area (Å²) in [6, 6.07) is 11.1. The van der Waals surface area contributed by atoms with E-state index in [-0.39, 0.29) is 0 Å². The minimum atomic E-state index is 1.22. The fourth-order valence-corrected chi connectivity index (χ4v) is 3.02. The Morgan fingerprint density at radius 3 is 1.52 bits per heavy atom. The molecule has 1 aromatic carbocycles. The van der Waals surface area contributed by atoms with E-state index in [4.69, 9.17) is 11.1 Å². The lowest BCUT2D eigenvalue weighted by molar-refractivity contribution is -0.941. The Labute approximate surface area is 142 Å². The monoisotopic (exact) mass is 318 g/mol. The van der Waals surface area contributed by atoms with Gasteiger partial charge in [0.15, 0.2) is 0 Å². The van der Waals surface area contributed by atoms with E-state index in [2.05, 4.69) is 51.1 Å². The Kier molecular flexibility index (Phi) is 13.2. The van der Waals surface area contributed by atoms with E-state index in [9.17, 15) is 0 Å². The van der Waals surface area contributed by atoms with Crippen molar-refractivity contribution in [1.82, 2.24) is 0 Å². The third-order valence-electron chi connectivity index (χ3n) is 4.32. The molecule has 0 heterocycles. The summed E-state index contributed by atoms with van der Waals surface area (Å²) < 4.78 is 1.31. The molecule has 0 saturated heterocycles. The molecule has 4 heteroatoms. The van der Waals surface area contributed by atoms with Gasteiger partial charge in [0, 0.05) is 5.56 Å². The zero-order valence-corrected chi connectivity index (χ0v) is 15.2. The van der Waals surface area contributed by atoms with Gasteiger partial charge in [-0.15, -0.1) is 0 Å². The van der Waals surface area contributed by atoms with Gasteiger partial charge in [-0.2, -0.15) is 0 Å². The highest BCUT2D eigenvalue weighted by atomic mass is 15.3. The summed E-state index contributed by atoms with van der Waals surface area (Å²) in [5.74, 6) is 0. The molecule has 0 aliphatic heterocycles. The van der Waals surface area contributed by atoms with Gasteiger partial charge in [0.05, 0.1) is 19.6 Å². The SMILES string of the molecule is CCCC[N+](CCCC)(CCCC)Cc1ccccc1.[N-]=[N+]=[N-]. The minimum absolute atomic E-state index is 1.22. The zero-order valence-electron chi connectivity index (χ0n) is 15.2. The number of rotatable bonds is 11. The van der Waals surface area contributed by atoms with Gasteiger partial charge in [0.1, 0.15) is 6.54 Å². The molecule has 4 nitrogen and oxygen atoms in total. The molecule has 0 aliphatic rings.